The van der Waals surface area contributed by atoms with Gasteiger partial charge in [-0.05, 0) is 34.9 Å². The van der Waals surface area contributed by atoms with Gasteiger partial charge in [0, 0.05) is 11.1 Å². The van der Waals surface area contributed by atoms with E-state index in [4.69, 9.17) is 4.74 Å². The van der Waals surface area contributed by atoms with Gasteiger partial charge < -0.3 is 14.7 Å². The van der Waals surface area contributed by atoms with Crippen molar-refractivity contribution in [3.8, 4) is 22.6 Å². The molecular formula is C25H26N3O2+. The van der Waals surface area contributed by atoms with E-state index >= 15 is 0 Å². The number of aromatic hydroxyl groups is 1. The normalized spacial score (nSPS) is 16.6. The molecule has 0 saturated carbocycles. The molecule has 2 N–H and O–H groups in total. The summed E-state index contributed by atoms with van der Waals surface area (Å²) in [5.74, 6) is 0.607. The number of piperazine rings is 1. The topological polar surface area (TPSA) is 49.5 Å². The average molecular weight is 401 g/mol. The smallest absolute Gasteiger partial charge is 0.161 e. The first-order valence-corrected chi connectivity index (χ1v) is 10.4. The zero-order valence-corrected chi connectivity index (χ0v) is 17.1. The van der Waals surface area contributed by atoms with E-state index < -0.39 is 0 Å². The molecule has 0 atom stereocenters. The summed E-state index contributed by atoms with van der Waals surface area (Å²) in [6, 6.07) is 23.3. The quantitative estimate of drug-likeness (QED) is 0.662. The van der Waals surface area contributed by atoms with Gasteiger partial charge in [0.1, 0.15) is 6.04 Å². The fraction of sp³-hybridized carbons (Fsp3) is 0.240. The molecule has 1 aliphatic heterocycles. The van der Waals surface area contributed by atoms with E-state index in [0.717, 1.165) is 31.7 Å². The minimum atomic E-state index is 0.143. The Bertz CT molecular complexity index is 1040. The highest BCUT2D eigenvalue weighted by atomic mass is 16.5. The molecule has 3 aromatic rings. The highest BCUT2D eigenvalue weighted by Gasteiger charge is 2.37. The molecule has 0 spiro atoms. The maximum Gasteiger partial charge on any atom is 0.161 e. The number of hydrogen-bond donors (Lipinski definition) is 2. The average Bonchev–Trinajstić information content (AvgIpc) is 3.13. The number of nitrogens with zero attached hydrogens (tertiary/aromatic N) is 2. The van der Waals surface area contributed by atoms with Crippen LogP contribution in [0.1, 0.15) is 22.7 Å². The molecule has 1 saturated heterocycles. The maximum atomic E-state index is 9.74. The molecule has 1 heterocycles. The molecular weight excluding hydrogens is 374 g/mol. The predicted molar refractivity (Wildman–Crippen MR) is 118 cm³/mol. The lowest BCUT2D eigenvalue weighted by Gasteiger charge is -2.34. The van der Waals surface area contributed by atoms with Gasteiger partial charge in [-0.2, -0.15) is 5.10 Å². The molecule has 1 aliphatic carbocycles. The van der Waals surface area contributed by atoms with E-state index in [0.29, 0.717) is 11.8 Å². The highest BCUT2D eigenvalue weighted by Crippen LogP contribution is 2.41. The van der Waals surface area contributed by atoms with Crippen LogP contribution in [0.4, 0.5) is 0 Å². The van der Waals surface area contributed by atoms with Crippen LogP contribution in [0.3, 0.4) is 0 Å². The number of fused-ring (bicyclic) bond motifs is 3. The number of ether oxygens (including phenoxy) is 1. The summed E-state index contributed by atoms with van der Waals surface area (Å²) >= 11 is 0. The molecule has 0 radical (unpaired) electrons. The Morgan fingerprint density at radius 3 is 2.23 bits per heavy atom. The van der Waals surface area contributed by atoms with Gasteiger partial charge in [0.15, 0.2) is 11.5 Å². The lowest BCUT2D eigenvalue weighted by atomic mass is 10.0. The van der Waals surface area contributed by atoms with Crippen LogP contribution in [0.5, 0.6) is 11.5 Å². The summed E-state index contributed by atoms with van der Waals surface area (Å²) in [5.41, 5.74) is 6.57. The van der Waals surface area contributed by atoms with Gasteiger partial charge in [-0.1, -0.05) is 48.5 Å². The molecule has 5 heteroatoms. The van der Waals surface area contributed by atoms with Crippen LogP contribution in [0.2, 0.25) is 0 Å². The Kier molecular flexibility index (Phi) is 4.89. The zero-order valence-electron chi connectivity index (χ0n) is 17.1. The molecule has 1 fully saturated rings. The van der Waals surface area contributed by atoms with Crippen LogP contribution >= 0.6 is 0 Å². The second-order valence-corrected chi connectivity index (χ2v) is 7.90. The number of hydrogen-bond acceptors (Lipinski definition) is 4. The first kappa shape index (κ1) is 18.7. The third-order valence-electron chi connectivity index (χ3n) is 6.20. The van der Waals surface area contributed by atoms with Crippen molar-refractivity contribution in [1.29, 1.82) is 0 Å². The summed E-state index contributed by atoms with van der Waals surface area (Å²) in [7, 11) is 1.55. The van der Waals surface area contributed by atoms with E-state index in [1.165, 1.54) is 22.3 Å². The third kappa shape index (κ3) is 3.31. The van der Waals surface area contributed by atoms with Gasteiger partial charge in [-0.15, -0.1) is 0 Å². The second kappa shape index (κ2) is 7.84. The number of nitrogens with one attached hydrogen (secondary N) is 1. The van der Waals surface area contributed by atoms with Crippen molar-refractivity contribution in [2.45, 2.75) is 6.04 Å². The first-order chi connectivity index (χ1) is 14.7. The minimum Gasteiger partial charge on any atom is -0.504 e. The van der Waals surface area contributed by atoms with E-state index in [1.54, 1.807) is 24.1 Å². The van der Waals surface area contributed by atoms with E-state index in [-0.39, 0.29) is 5.75 Å². The third-order valence-corrected chi connectivity index (χ3v) is 6.20. The molecule has 0 unspecified atom stereocenters. The van der Waals surface area contributed by atoms with Crippen LogP contribution in [0.15, 0.2) is 71.8 Å². The van der Waals surface area contributed by atoms with Gasteiger partial charge in [0.25, 0.3) is 0 Å². The lowest BCUT2D eigenvalue weighted by molar-refractivity contribution is -0.929. The standard InChI is InChI=1S/C25H25N3O2/c1-30-24-16-18(10-11-23(24)29)17-26-28-14-12-27(13-15-28)25-21-8-4-2-6-19(21)20-7-3-5-9-22(20)25/h2-11,16-17,25,29H,12-15H2,1H3/p+1/b26-17+. The van der Waals surface area contributed by atoms with Crippen molar-refractivity contribution in [2.75, 3.05) is 33.3 Å². The second-order valence-electron chi connectivity index (χ2n) is 7.90. The zero-order chi connectivity index (χ0) is 20.5. The van der Waals surface area contributed by atoms with Gasteiger partial charge in [-0.3, -0.25) is 5.01 Å². The van der Waals surface area contributed by atoms with E-state index in [1.807, 2.05) is 12.3 Å². The summed E-state index contributed by atoms with van der Waals surface area (Å²) in [4.78, 5) is 1.60. The maximum absolute atomic E-state index is 9.74. The molecule has 30 heavy (non-hydrogen) atoms. The lowest BCUT2D eigenvalue weighted by Crippen LogP contribution is -3.14. The molecule has 152 valence electrons. The van der Waals surface area contributed by atoms with Crippen molar-refractivity contribution in [1.82, 2.24) is 5.01 Å². The van der Waals surface area contributed by atoms with Gasteiger partial charge in [-0.25, -0.2) is 0 Å². The number of phenols is 1. The molecule has 0 aromatic heterocycles. The summed E-state index contributed by atoms with van der Waals surface area (Å²) in [5, 5.41) is 16.5. The Balaban J connectivity index is 1.30. The van der Waals surface area contributed by atoms with Crippen molar-refractivity contribution < 1.29 is 14.7 Å². The van der Waals surface area contributed by atoms with Crippen LogP contribution in [0.25, 0.3) is 11.1 Å². The predicted octanol–water partition coefficient (Wildman–Crippen LogP) is 2.71. The Hall–Kier alpha value is -3.31. The highest BCUT2D eigenvalue weighted by molar-refractivity contribution is 5.80. The monoisotopic (exact) mass is 400 g/mol. The number of rotatable bonds is 4. The number of quaternary nitrogens is 1. The summed E-state index contributed by atoms with van der Waals surface area (Å²) in [6.07, 6.45) is 1.84. The van der Waals surface area contributed by atoms with E-state index in [9.17, 15) is 5.11 Å². The van der Waals surface area contributed by atoms with Gasteiger partial charge in [0.2, 0.25) is 0 Å². The SMILES string of the molecule is COc1cc(/C=N/N2CC[NH+](C3c4ccccc4-c4ccccc43)CC2)ccc1O. The van der Waals surface area contributed by atoms with E-state index in [2.05, 4.69) is 58.6 Å². The Morgan fingerprint density at radius 2 is 1.60 bits per heavy atom. The molecule has 3 aromatic carbocycles. The summed E-state index contributed by atoms with van der Waals surface area (Å²) < 4.78 is 5.18. The molecule has 0 amide bonds. The minimum absolute atomic E-state index is 0.143. The van der Waals surface area contributed by atoms with Crippen LogP contribution in [-0.2, 0) is 0 Å². The van der Waals surface area contributed by atoms with Crippen molar-refractivity contribution in [3.63, 3.8) is 0 Å². The van der Waals surface area contributed by atoms with Crippen LogP contribution in [0, 0.1) is 0 Å². The molecule has 2 aliphatic rings. The molecule has 0 bridgehead atoms. The first-order valence-electron chi connectivity index (χ1n) is 10.4. The largest absolute Gasteiger partial charge is 0.504 e. The van der Waals surface area contributed by atoms with Crippen LogP contribution < -0.4 is 9.64 Å². The van der Waals surface area contributed by atoms with Gasteiger partial charge >= 0.3 is 0 Å². The van der Waals surface area contributed by atoms with Gasteiger partial charge in [0.05, 0.1) is 39.5 Å². The number of phenolic OH excluding ortho intramolecular Hbond substituents is 1. The fourth-order valence-electron chi connectivity index (χ4n) is 4.70. The summed E-state index contributed by atoms with van der Waals surface area (Å²) in [6.45, 7) is 3.93. The molecule has 5 nitrogen and oxygen atoms in total. The Morgan fingerprint density at radius 1 is 0.967 bits per heavy atom. The van der Waals surface area contributed by atoms with Crippen molar-refractivity contribution in [2.24, 2.45) is 5.10 Å². The molecule has 5 rings (SSSR count). The number of methoxy groups -OCH3 is 1. The number of benzene rings is 3. The Labute approximate surface area is 176 Å². The van der Waals surface area contributed by atoms with Crippen LogP contribution in [-0.4, -0.2) is 49.6 Å². The fourth-order valence-corrected chi connectivity index (χ4v) is 4.70. The number of hydrazone groups is 1. The van der Waals surface area contributed by atoms with Crippen molar-refractivity contribution >= 4 is 6.21 Å². The van der Waals surface area contributed by atoms with Crippen molar-refractivity contribution in [3.05, 3.63) is 83.4 Å².